The van der Waals surface area contributed by atoms with E-state index in [1.807, 2.05) is 6.92 Å². The van der Waals surface area contributed by atoms with Crippen LogP contribution in [0.2, 0.25) is 0 Å². The van der Waals surface area contributed by atoms with Crippen LogP contribution in [-0.2, 0) is 5.60 Å². The molecule has 3 rings (SSSR count). The van der Waals surface area contributed by atoms with Gasteiger partial charge in [0.15, 0.2) is 0 Å². The van der Waals surface area contributed by atoms with E-state index in [2.05, 4.69) is 10.1 Å². The van der Waals surface area contributed by atoms with Gasteiger partial charge in [-0.3, -0.25) is 9.78 Å². The lowest BCUT2D eigenvalue weighted by Crippen LogP contribution is -2.19. The summed E-state index contributed by atoms with van der Waals surface area (Å²) in [6, 6.07) is 6.69. The number of phenols is 1. The third-order valence-corrected chi connectivity index (χ3v) is 4.67. The van der Waals surface area contributed by atoms with Crippen molar-refractivity contribution in [3.8, 4) is 22.8 Å². The zero-order valence-electron chi connectivity index (χ0n) is 16.2. The number of pyridine rings is 1. The predicted octanol–water partition coefficient (Wildman–Crippen LogP) is 2.17. The van der Waals surface area contributed by atoms with Gasteiger partial charge in [0.2, 0.25) is 0 Å². The number of rotatable bonds is 4. The molecular weight excluding hydrogens is 358 g/mol. The van der Waals surface area contributed by atoms with Crippen molar-refractivity contribution in [1.82, 2.24) is 14.8 Å². The second kappa shape index (κ2) is 6.65. The zero-order valence-corrected chi connectivity index (χ0v) is 16.2. The van der Waals surface area contributed by atoms with Crippen LogP contribution in [0.1, 0.15) is 40.9 Å². The molecule has 0 saturated carbocycles. The Hall–Kier alpha value is -3.39. The summed E-state index contributed by atoms with van der Waals surface area (Å²) in [5, 5.41) is 25.1. The molecule has 0 atom stereocenters. The minimum Gasteiger partial charge on any atom is -0.508 e. The summed E-state index contributed by atoms with van der Waals surface area (Å²) in [6.07, 6.45) is 1.54. The van der Waals surface area contributed by atoms with Crippen LogP contribution in [0.4, 0.5) is 5.82 Å². The van der Waals surface area contributed by atoms with Gasteiger partial charge in [0.1, 0.15) is 22.8 Å². The van der Waals surface area contributed by atoms with Crippen LogP contribution in [0.3, 0.4) is 0 Å². The van der Waals surface area contributed by atoms with E-state index in [0.29, 0.717) is 22.5 Å². The average Bonchev–Trinajstić information content (AvgIpc) is 2.95. The number of carbonyl (C=O) groups is 1. The number of nitrogens with zero attached hydrogens (tertiary/aromatic N) is 3. The monoisotopic (exact) mass is 381 g/mol. The van der Waals surface area contributed by atoms with E-state index in [9.17, 15) is 15.0 Å². The molecular formula is C20H23N5O3. The van der Waals surface area contributed by atoms with Crippen LogP contribution in [0.15, 0.2) is 30.5 Å². The van der Waals surface area contributed by atoms with Crippen LogP contribution in [0, 0.1) is 13.8 Å². The molecule has 146 valence electrons. The van der Waals surface area contributed by atoms with E-state index in [4.69, 9.17) is 11.5 Å². The van der Waals surface area contributed by atoms with Crippen LogP contribution in [0.5, 0.6) is 5.75 Å². The van der Waals surface area contributed by atoms with Crippen molar-refractivity contribution in [2.24, 2.45) is 5.73 Å². The fourth-order valence-electron chi connectivity index (χ4n) is 3.25. The Bertz CT molecular complexity index is 1080. The number of aromatic nitrogens is 3. The first-order valence-corrected chi connectivity index (χ1v) is 8.70. The number of anilines is 1. The molecule has 0 aliphatic rings. The lowest BCUT2D eigenvalue weighted by molar-refractivity contribution is 0.0788. The number of aromatic hydroxyl groups is 1. The first-order valence-electron chi connectivity index (χ1n) is 8.70. The van der Waals surface area contributed by atoms with Crippen LogP contribution in [0.25, 0.3) is 17.1 Å². The first-order chi connectivity index (χ1) is 13.0. The highest BCUT2D eigenvalue weighted by atomic mass is 16.3. The summed E-state index contributed by atoms with van der Waals surface area (Å²) in [6.45, 7) is 6.80. The molecule has 1 amide bonds. The van der Waals surface area contributed by atoms with E-state index >= 15 is 0 Å². The summed E-state index contributed by atoms with van der Waals surface area (Å²) in [7, 11) is 0. The fourth-order valence-corrected chi connectivity index (χ4v) is 3.25. The maximum atomic E-state index is 12.2. The van der Waals surface area contributed by atoms with Crippen LogP contribution < -0.4 is 11.5 Å². The molecule has 0 spiro atoms. The lowest BCUT2D eigenvalue weighted by Gasteiger charge is -2.20. The number of primary amides is 1. The van der Waals surface area contributed by atoms with Gasteiger partial charge in [-0.15, -0.1) is 0 Å². The number of amides is 1. The van der Waals surface area contributed by atoms with E-state index in [1.54, 1.807) is 45.0 Å². The van der Waals surface area contributed by atoms with Crippen LogP contribution >= 0.6 is 0 Å². The molecule has 3 aromatic rings. The average molecular weight is 381 g/mol. The van der Waals surface area contributed by atoms with E-state index in [-0.39, 0.29) is 22.8 Å². The van der Waals surface area contributed by atoms with Crippen molar-refractivity contribution in [3.05, 3.63) is 52.7 Å². The third kappa shape index (κ3) is 3.07. The number of aliphatic hydroxyl groups is 1. The standard InChI is InChI=1S/C20H23N5O3/c1-10-7-8-13(26)11(2)17(10)25-18(21)14(19(22)27)16(24-25)15-12(20(3,4)28)6-5-9-23-15/h5-9,26,28H,21H2,1-4H3,(H2,22,27). The Morgan fingerprint density at radius 1 is 1.18 bits per heavy atom. The van der Waals surface area contributed by atoms with Crippen molar-refractivity contribution in [1.29, 1.82) is 0 Å². The van der Waals surface area contributed by atoms with Crippen molar-refractivity contribution in [2.75, 3.05) is 5.73 Å². The Balaban J connectivity index is 2.38. The molecule has 2 heterocycles. The van der Waals surface area contributed by atoms with E-state index in [1.165, 1.54) is 10.9 Å². The smallest absolute Gasteiger partial charge is 0.254 e. The van der Waals surface area contributed by atoms with Crippen LogP contribution in [-0.4, -0.2) is 30.9 Å². The fraction of sp³-hybridized carbons (Fsp3) is 0.250. The highest BCUT2D eigenvalue weighted by Gasteiger charge is 2.29. The second-order valence-corrected chi connectivity index (χ2v) is 7.22. The molecule has 8 nitrogen and oxygen atoms in total. The summed E-state index contributed by atoms with van der Waals surface area (Å²) in [5.74, 6) is -0.652. The molecule has 2 aromatic heterocycles. The Morgan fingerprint density at radius 2 is 1.86 bits per heavy atom. The quantitative estimate of drug-likeness (QED) is 0.546. The van der Waals surface area contributed by atoms with Gasteiger partial charge >= 0.3 is 0 Å². The van der Waals surface area contributed by atoms with Gasteiger partial charge in [-0.1, -0.05) is 12.1 Å². The summed E-state index contributed by atoms with van der Waals surface area (Å²) < 4.78 is 1.38. The number of hydrogen-bond donors (Lipinski definition) is 4. The molecule has 0 saturated heterocycles. The molecule has 0 radical (unpaired) electrons. The number of phenolic OH excluding ortho intramolecular Hbond substituents is 1. The van der Waals surface area contributed by atoms with Gasteiger partial charge in [0.05, 0.1) is 17.0 Å². The molecule has 6 N–H and O–H groups in total. The maximum Gasteiger partial charge on any atom is 0.254 e. The van der Waals surface area contributed by atoms with Crippen molar-refractivity contribution >= 4 is 11.7 Å². The van der Waals surface area contributed by atoms with E-state index in [0.717, 1.165) is 5.56 Å². The number of hydrogen-bond acceptors (Lipinski definition) is 6. The number of carbonyl (C=O) groups excluding carboxylic acids is 1. The van der Waals surface area contributed by atoms with E-state index < -0.39 is 11.5 Å². The molecule has 0 aliphatic carbocycles. The summed E-state index contributed by atoms with van der Waals surface area (Å²) in [4.78, 5) is 16.5. The minimum atomic E-state index is -1.23. The molecule has 0 bridgehead atoms. The maximum absolute atomic E-state index is 12.2. The van der Waals surface area contributed by atoms with Gasteiger partial charge in [-0.25, -0.2) is 4.68 Å². The molecule has 1 aromatic carbocycles. The third-order valence-electron chi connectivity index (χ3n) is 4.67. The Labute approximate surface area is 162 Å². The first kappa shape index (κ1) is 19.4. The summed E-state index contributed by atoms with van der Waals surface area (Å²) in [5.41, 5.74) is 13.5. The number of benzene rings is 1. The van der Waals surface area contributed by atoms with Crippen molar-refractivity contribution < 1.29 is 15.0 Å². The highest BCUT2D eigenvalue weighted by Crippen LogP contribution is 2.36. The van der Waals surface area contributed by atoms with Crippen molar-refractivity contribution in [2.45, 2.75) is 33.3 Å². The van der Waals surface area contributed by atoms with Gasteiger partial charge in [0, 0.05) is 17.3 Å². The molecule has 0 aliphatic heterocycles. The normalized spacial score (nSPS) is 11.6. The van der Waals surface area contributed by atoms with Gasteiger partial charge in [-0.05, 0) is 45.4 Å². The molecule has 0 unspecified atom stereocenters. The summed E-state index contributed by atoms with van der Waals surface area (Å²) >= 11 is 0. The lowest BCUT2D eigenvalue weighted by atomic mass is 9.94. The number of nitrogen functional groups attached to an aromatic ring is 1. The second-order valence-electron chi connectivity index (χ2n) is 7.22. The van der Waals surface area contributed by atoms with Gasteiger partial charge in [0.25, 0.3) is 5.91 Å². The van der Waals surface area contributed by atoms with Crippen molar-refractivity contribution in [3.63, 3.8) is 0 Å². The number of nitrogens with two attached hydrogens (primary N) is 2. The largest absolute Gasteiger partial charge is 0.508 e. The topological polar surface area (TPSA) is 140 Å². The highest BCUT2D eigenvalue weighted by molar-refractivity contribution is 6.03. The Kier molecular flexibility index (Phi) is 4.60. The Morgan fingerprint density at radius 3 is 2.46 bits per heavy atom. The SMILES string of the molecule is Cc1ccc(O)c(C)c1-n1nc(-c2ncccc2C(C)(C)O)c(C(N)=O)c1N. The molecule has 8 heteroatoms. The predicted molar refractivity (Wildman–Crippen MR) is 106 cm³/mol. The van der Waals surface area contributed by atoms with Gasteiger partial charge < -0.3 is 21.7 Å². The molecule has 28 heavy (non-hydrogen) atoms. The van der Waals surface area contributed by atoms with Gasteiger partial charge in [-0.2, -0.15) is 5.10 Å². The number of aryl methyl sites for hydroxylation is 1. The zero-order chi connectivity index (χ0) is 20.8. The molecule has 0 fully saturated rings. The minimum absolute atomic E-state index is 0.00587.